The van der Waals surface area contributed by atoms with Crippen LogP contribution in [-0.2, 0) is 35.0 Å². The van der Waals surface area contributed by atoms with Crippen LogP contribution in [0.2, 0.25) is 0 Å². The lowest BCUT2D eigenvalue weighted by atomic mass is 9.54. The Kier molecular flexibility index (Phi) is 8.66. The van der Waals surface area contributed by atoms with E-state index in [1.807, 2.05) is 6.92 Å². The van der Waals surface area contributed by atoms with Crippen LogP contribution in [-0.4, -0.2) is 98.2 Å². The number of rotatable bonds is 7. The van der Waals surface area contributed by atoms with Crippen molar-refractivity contribution in [2.24, 2.45) is 17.3 Å². The molecule has 2 saturated carbocycles. The Morgan fingerprint density at radius 3 is 2.57 bits per heavy atom. The first kappa shape index (κ1) is 30.5. The van der Waals surface area contributed by atoms with E-state index in [1.165, 1.54) is 18.4 Å². The molecule has 1 aromatic carbocycles. The molecule has 12 nitrogen and oxygen atoms in total. The fraction of sp³-hybridized carbons (Fsp3) is 0.600. The summed E-state index contributed by atoms with van der Waals surface area (Å²) in [5.41, 5.74) is 1.02. The highest BCUT2D eigenvalue weighted by Crippen LogP contribution is 2.58. The molecule has 1 aromatic rings. The summed E-state index contributed by atoms with van der Waals surface area (Å²) in [4.78, 5) is 25.5. The summed E-state index contributed by atoms with van der Waals surface area (Å²) >= 11 is 0. The van der Waals surface area contributed by atoms with Crippen molar-refractivity contribution < 1.29 is 59.2 Å². The molecule has 0 spiro atoms. The molecule has 2 aliphatic carbocycles. The number of carbonyl (C=O) groups is 2. The van der Waals surface area contributed by atoms with E-state index in [4.69, 9.17) is 18.9 Å². The van der Waals surface area contributed by atoms with Gasteiger partial charge in [-0.25, -0.2) is 9.59 Å². The number of aliphatic hydroxyl groups excluding tert-OH is 5. The molecule has 4 aliphatic rings. The Hall–Kier alpha value is -3.00. The predicted octanol–water partition coefficient (Wildman–Crippen LogP) is 0.216. The average molecular weight is 591 g/mol. The molecular formula is C30H38O12. The number of ether oxygens (including phenoxy) is 4. The summed E-state index contributed by atoms with van der Waals surface area (Å²) in [7, 11) is 0. The highest BCUT2D eigenvalue weighted by molar-refractivity contribution is 5.91. The Bertz CT molecular complexity index is 1210. The average Bonchev–Trinajstić information content (AvgIpc) is 3.26. The Morgan fingerprint density at radius 1 is 1.17 bits per heavy atom. The van der Waals surface area contributed by atoms with Gasteiger partial charge in [-0.2, -0.15) is 0 Å². The topological polar surface area (TPSA) is 192 Å². The number of phenols is 1. The molecule has 230 valence electrons. The van der Waals surface area contributed by atoms with Gasteiger partial charge in [0.2, 0.25) is 6.29 Å². The van der Waals surface area contributed by atoms with Crippen LogP contribution in [0.1, 0.15) is 38.2 Å². The molecule has 42 heavy (non-hydrogen) atoms. The van der Waals surface area contributed by atoms with Crippen LogP contribution in [0.3, 0.4) is 0 Å². The van der Waals surface area contributed by atoms with E-state index in [0.29, 0.717) is 42.4 Å². The van der Waals surface area contributed by atoms with Crippen LogP contribution in [0.15, 0.2) is 48.3 Å². The van der Waals surface area contributed by atoms with Crippen molar-refractivity contribution in [1.29, 1.82) is 0 Å². The molecule has 4 fully saturated rings. The van der Waals surface area contributed by atoms with Gasteiger partial charge in [-0.05, 0) is 49.0 Å². The molecule has 0 bridgehead atoms. The van der Waals surface area contributed by atoms with E-state index in [1.54, 1.807) is 12.1 Å². The third kappa shape index (κ3) is 5.54. The molecular weight excluding hydrogens is 552 g/mol. The van der Waals surface area contributed by atoms with Gasteiger partial charge in [-0.3, -0.25) is 0 Å². The van der Waals surface area contributed by atoms with Gasteiger partial charge in [0.15, 0.2) is 6.10 Å². The lowest BCUT2D eigenvalue weighted by Crippen LogP contribution is -2.59. The van der Waals surface area contributed by atoms with Crippen molar-refractivity contribution >= 4 is 11.9 Å². The van der Waals surface area contributed by atoms with Gasteiger partial charge in [-0.15, -0.1) is 0 Å². The summed E-state index contributed by atoms with van der Waals surface area (Å²) < 4.78 is 22.9. The van der Waals surface area contributed by atoms with E-state index in [9.17, 15) is 40.2 Å². The van der Waals surface area contributed by atoms with E-state index >= 15 is 0 Å². The lowest BCUT2D eigenvalue weighted by molar-refractivity contribution is -0.288. The van der Waals surface area contributed by atoms with Crippen molar-refractivity contribution in [2.75, 3.05) is 6.61 Å². The largest absolute Gasteiger partial charge is 0.508 e. The summed E-state index contributed by atoms with van der Waals surface area (Å²) in [6.45, 7) is 5.25. The Balaban J connectivity index is 1.36. The van der Waals surface area contributed by atoms with Crippen LogP contribution in [0.4, 0.5) is 0 Å². The lowest BCUT2D eigenvalue weighted by Gasteiger charge is -2.53. The van der Waals surface area contributed by atoms with Crippen molar-refractivity contribution in [3.05, 3.63) is 53.8 Å². The Labute approximate surface area is 242 Å². The number of carbonyl (C=O) groups excluding carboxylic acids is 2. The number of benzene rings is 1. The molecule has 0 radical (unpaired) electrons. The highest BCUT2D eigenvalue weighted by Gasteiger charge is 2.60. The summed E-state index contributed by atoms with van der Waals surface area (Å²) in [6, 6.07) is 6.16. The third-order valence-electron chi connectivity index (χ3n) is 9.31. The number of aliphatic hydroxyl groups is 5. The predicted molar refractivity (Wildman–Crippen MR) is 143 cm³/mol. The number of aromatic hydroxyl groups is 1. The fourth-order valence-corrected chi connectivity index (χ4v) is 6.86. The molecule has 11 atom stereocenters. The van der Waals surface area contributed by atoms with E-state index in [2.05, 4.69) is 6.58 Å². The maximum atomic E-state index is 13.0. The molecule has 5 rings (SSSR count). The molecule has 6 N–H and O–H groups in total. The van der Waals surface area contributed by atoms with Gasteiger partial charge < -0.3 is 49.6 Å². The zero-order chi connectivity index (χ0) is 30.3. The minimum Gasteiger partial charge on any atom is -0.508 e. The molecule has 2 saturated heterocycles. The number of hydrogen-bond acceptors (Lipinski definition) is 12. The number of fused-ring (bicyclic) bond motifs is 3. The van der Waals surface area contributed by atoms with Gasteiger partial charge in [-0.1, -0.05) is 25.6 Å². The Morgan fingerprint density at radius 2 is 1.88 bits per heavy atom. The van der Waals surface area contributed by atoms with Gasteiger partial charge in [0.1, 0.15) is 42.4 Å². The van der Waals surface area contributed by atoms with Gasteiger partial charge in [0.05, 0.1) is 12.9 Å². The van der Waals surface area contributed by atoms with Crippen molar-refractivity contribution in [2.45, 2.75) is 88.0 Å². The second kappa shape index (κ2) is 11.9. The van der Waals surface area contributed by atoms with E-state index in [0.717, 1.165) is 0 Å². The first-order valence-corrected chi connectivity index (χ1v) is 14.2. The van der Waals surface area contributed by atoms with Crippen molar-refractivity contribution in [1.82, 2.24) is 0 Å². The second-order valence-corrected chi connectivity index (χ2v) is 11.9. The quantitative estimate of drug-likeness (QED) is 0.144. The van der Waals surface area contributed by atoms with Crippen LogP contribution in [0.5, 0.6) is 5.75 Å². The molecule has 2 aliphatic heterocycles. The molecule has 12 heteroatoms. The molecule has 2 heterocycles. The van der Waals surface area contributed by atoms with Crippen molar-refractivity contribution in [3.63, 3.8) is 0 Å². The first-order valence-electron chi connectivity index (χ1n) is 14.2. The maximum absolute atomic E-state index is 13.0. The molecule has 0 aromatic heterocycles. The van der Waals surface area contributed by atoms with Gasteiger partial charge >= 0.3 is 11.9 Å². The monoisotopic (exact) mass is 590 g/mol. The van der Waals surface area contributed by atoms with Crippen LogP contribution < -0.4 is 0 Å². The summed E-state index contributed by atoms with van der Waals surface area (Å²) in [5, 5.41) is 60.2. The highest BCUT2D eigenvalue weighted by atomic mass is 16.7. The minimum absolute atomic E-state index is 0.00615. The van der Waals surface area contributed by atoms with E-state index in [-0.39, 0.29) is 18.1 Å². The van der Waals surface area contributed by atoms with Crippen LogP contribution in [0.25, 0.3) is 0 Å². The fourth-order valence-electron chi connectivity index (χ4n) is 6.86. The summed E-state index contributed by atoms with van der Waals surface area (Å²) in [6.07, 6.45) is -6.64. The van der Waals surface area contributed by atoms with E-state index < -0.39 is 78.9 Å². The number of hydrogen-bond donors (Lipinski definition) is 6. The van der Waals surface area contributed by atoms with Crippen LogP contribution >= 0.6 is 0 Å². The maximum Gasteiger partial charge on any atom is 0.335 e. The van der Waals surface area contributed by atoms with Crippen LogP contribution in [0, 0.1) is 17.3 Å². The summed E-state index contributed by atoms with van der Waals surface area (Å²) in [5.74, 6) is -1.92. The second-order valence-electron chi connectivity index (χ2n) is 11.9. The number of esters is 2. The number of phenolic OH excluding ortho intramolecular Hbond substituents is 1. The minimum atomic E-state index is -1.61. The van der Waals surface area contributed by atoms with Crippen molar-refractivity contribution in [3.8, 4) is 5.75 Å². The standard InChI is InChI=1S/C30H38O12/c1-14-18-9-10-30(2)21(41-28(38)19(33)11-15-3-6-17(32)7-4-15)8-5-16(22(30)26(18)42-27(14)37)13-39-29-25(36)24(35)23(34)20(12-31)40-29/h3-4,6-7,13,18-26,29,31-36H,1,5,8-12H2,2H3/b16-13+/t18-,19+,20+,21+,22+,23+,24-,25+,26-,29+,30-/m0/s1. The molecule has 0 unspecified atom stereocenters. The smallest absolute Gasteiger partial charge is 0.335 e. The van der Waals surface area contributed by atoms with Gasteiger partial charge in [0.25, 0.3) is 0 Å². The first-order chi connectivity index (χ1) is 19.9. The SMILES string of the molecule is C=C1C(=O)O[C@@H]2[C@H]3/C(=C/O[C@@H]4O[C@H](CO)[C@@H](O)[C@H](O)[C@H]4O)CC[C@@H](OC(=O)[C@H](O)Cc4ccc(O)cc4)[C@]3(C)CC[C@@H]12. The normalized spacial score (nSPS) is 39.7. The third-order valence-corrected chi connectivity index (χ3v) is 9.31. The zero-order valence-corrected chi connectivity index (χ0v) is 23.2. The molecule has 0 amide bonds. The zero-order valence-electron chi connectivity index (χ0n) is 23.2. The van der Waals surface area contributed by atoms with Gasteiger partial charge in [0, 0.05) is 29.2 Å².